The van der Waals surface area contributed by atoms with Crippen molar-refractivity contribution in [2.75, 3.05) is 0 Å². The first-order valence-electron chi connectivity index (χ1n) is 7.81. The maximum absolute atomic E-state index is 6.04. The summed E-state index contributed by atoms with van der Waals surface area (Å²) in [5.74, 6) is -0.484. The van der Waals surface area contributed by atoms with Gasteiger partial charge in [-0.15, -0.1) is 0 Å². The Kier molecular flexibility index (Phi) is 5.54. The summed E-state index contributed by atoms with van der Waals surface area (Å²) >= 11 is 0. The van der Waals surface area contributed by atoms with Crippen molar-refractivity contribution in [3.05, 3.63) is 11.9 Å². The number of rotatable bonds is 8. The van der Waals surface area contributed by atoms with Crippen LogP contribution in [0, 0.1) is 0 Å². The molecule has 0 aromatic carbocycles. The smallest absolute Gasteiger partial charge is 0.163 e. The fraction of sp³-hybridized carbons (Fsp3) is 0.867. The van der Waals surface area contributed by atoms with Gasteiger partial charge in [0, 0.05) is 6.42 Å². The highest BCUT2D eigenvalue weighted by Crippen LogP contribution is 2.32. The Hall–Kier alpha value is -0.940. The molecule has 114 valence electrons. The zero-order chi connectivity index (χ0) is 14.4. The van der Waals surface area contributed by atoms with E-state index in [-0.39, 0.29) is 12.2 Å². The molecule has 1 aliphatic rings. The lowest BCUT2D eigenvalue weighted by Gasteiger charge is -2.16. The average molecular weight is 281 g/mol. The predicted molar refractivity (Wildman–Crippen MR) is 77.3 cm³/mol. The molecule has 1 aliphatic heterocycles. The molecule has 1 fully saturated rings. The Bertz CT molecular complexity index is 378. The van der Waals surface area contributed by atoms with E-state index in [0.29, 0.717) is 0 Å². The van der Waals surface area contributed by atoms with Crippen LogP contribution in [0.3, 0.4) is 0 Å². The highest BCUT2D eigenvalue weighted by Gasteiger charge is 2.40. The number of aromatic amines is 1. The third kappa shape index (κ3) is 4.56. The van der Waals surface area contributed by atoms with E-state index < -0.39 is 5.79 Å². The molecule has 5 heteroatoms. The van der Waals surface area contributed by atoms with Gasteiger partial charge in [0.1, 0.15) is 0 Å². The van der Waals surface area contributed by atoms with E-state index in [1.807, 2.05) is 13.8 Å². The Morgan fingerprint density at radius 2 is 1.90 bits per heavy atom. The predicted octanol–water partition coefficient (Wildman–Crippen LogP) is 3.23. The summed E-state index contributed by atoms with van der Waals surface area (Å²) in [5.41, 5.74) is 0.937. The Morgan fingerprint density at radius 1 is 1.15 bits per heavy atom. The number of H-pyrrole nitrogens is 1. The Morgan fingerprint density at radius 3 is 2.60 bits per heavy atom. The van der Waals surface area contributed by atoms with E-state index in [1.165, 1.54) is 32.1 Å². The van der Waals surface area contributed by atoms with Gasteiger partial charge in [-0.25, -0.2) is 0 Å². The summed E-state index contributed by atoms with van der Waals surface area (Å²) < 4.78 is 12.0. The van der Waals surface area contributed by atoms with Crippen LogP contribution in [0.4, 0.5) is 0 Å². The molecule has 0 aliphatic carbocycles. The van der Waals surface area contributed by atoms with Crippen molar-refractivity contribution >= 4 is 0 Å². The number of hydrogen-bond acceptors (Lipinski definition) is 4. The third-order valence-corrected chi connectivity index (χ3v) is 3.75. The molecule has 2 rings (SSSR count). The van der Waals surface area contributed by atoms with Crippen LogP contribution in [-0.4, -0.2) is 33.4 Å². The maximum atomic E-state index is 6.04. The van der Waals surface area contributed by atoms with Crippen LogP contribution in [0.25, 0.3) is 0 Å². The molecule has 0 saturated carbocycles. The number of aromatic nitrogens is 3. The summed E-state index contributed by atoms with van der Waals surface area (Å²) in [7, 11) is 0. The van der Waals surface area contributed by atoms with Gasteiger partial charge < -0.3 is 9.47 Å². The number of hydrogen-bond donors (Lipinski definition) is 1. The van der Waals surface area contributed by atoms with Gasteiger partial charge in [-0.3, -0.25) is 0 Å². The summed E-state index contributed by atoms with van der Waals surface area (Å²) in [6.07, 6.45) is 10.3. The molecular formula is C15H27N3O2. The number of ether oxygens (including phenoxy) is 2. The highest BCUT2D eigenvalue weighted by atomic mass is 16.7. The second-order valence-electron chi connectivity index (χ2n) is 6.08. The van der Waals surface area contributed by atoms with Crippen LogP contribution in [0.2, 0.25) is 0 Å². The standard InChI is InChI=1S/C15H27N3O2/c1-4-5-6-7-8-9-13-14(20-15(2,3)19-13)10-12-11-16-18-17-12/h11,13-14H,4-10H2,1-3H3,(H,16,17,18). The quantitative estimate of drug-likeness (QED) is 0.743. The van der Waals surface area contributed by atoms with Gasteiger partial charge in [0.15, 0.2) is 5.79 Å². The van der Waals surface area contributed by atoms with Gasteiger partial charge in [0.2, 0.25) is 0 Å². The van der Waals surface area contributed by atoms with Crippen LogP contribution in [0.5, 0.6) is 0 Å². The van der Waals surface area contributed by atoms with Gasteiger partial charge in [-0.05, 0) is 20.3 Å². The molecule has 0 bridgehead atoms. The average Bonchev–Trinajstić information content (AvgIpc) is 2.98. The second-order valence-corrected chi connectivity index (χ2v) is 6.08. The molecule has 0 spiro atoms. The highest BCUT2D eigenvalue weighted by molar-refractivity contribution is 4.97. The first-order chi connectivity index (χ1) is 9.61. The van der Waals surface area contributed by atoms with Gasteiger partial charge in [0.05, 0.1) is 24.1 Å². The van der Waals surface area contributed by atoms with Gasteiger partial charge in [-0.2, -0.15) is 15.4 Å². The van der Waals surface area contributed by atoms with E-state index in [1.54, 1.807) is 6.20 Å². The van der Waals surface area contributed by atoms with E-state index in [9.17, 15) is 0 Å². The lowest BCUT2D eigenvalue weighted by atomic mass is 10.0. The zero-order valence-electron chi connectivity index (χ0n) is 12.9. The molecule has 5 nitrogen and oxygen atoms in total. The van der Waals surface area contributed by atoms with Crippen molar-refractivity contribution in [2.45, 2.75) is 83.7 Å². The lowest BCUT2D eigenvalue weighted by Crippen LogP contribution is -2.25. The Labute approximate surface area is 121 Å². The van der Waals surface area contributed by atoms with Crippen LogP contribution in [0.1, 0.15) is 65.0 Å². The monoisotopic (exact) mass is 281 g/mol. The molecule has 20 heavy (non-hydrogen) atoms. The minimum absolute atomic E-state index is 0.0845. The fourth-order valence-electron chi connectivity index (χ4n) is 2.81. The van der Waals surface area contributed by atoms with E-state index in [4.69, 9.17) is 9.47 Å². The van der Waals surface area contributed by atoms with E-state index >= 15 is 0 Å². The van der Waals surface area contributed by atoms with E-state index in [2.05, 4.69) is 22.3 Å². The molecule has 2 unspecified atom stereocenters. The SMILES string of the molecule is CCCCCCCC1OC(C)(C)OC1Cc1cn[nH]n1. The van der Waals surface area contributed by atoms with Crippen LogP contribution in [0.15, 0.2) is 6.20 Å². The lowest BCUT2D eigenvalue weighted by molar-refractivity contribution is -0.146. The van der Waals surface area contributed by atoms with Crippen molar-refractivity contribution in [3.8, 4) is 0 Å². The second kappa shape index (κ2) is 7.18. The van der Waals surface area contributed by atoms with Crippen molar-refractivity contribution in [1.29, 1.82) is 0 Å². The summed E-state index contributed by atoms with van der Waals surface area (Å²) in [6.45, 7) is 6.21. The summed E-state index contributed by atoms with van der Waals surface area (Å²) in [5, 5.41) is 10.6. The van der Waals surface area contributed by atoms with Gasteiger partial charge >= 0.3 is 0 Å². The van der Waals surface area contributed by atoms with Gasteiger partial charge in [0.25, 0.3) is 0 Å². The summed E-state index contributed by atoms with van der Waals surface area (Å²) in [6, 6.07) is 0. The summed E-state index contributed by atoms with van der Waals surface area (Å²) in [4.78, 5) is 0. The van der Waals surface area contributed by atoms with Crippen molar-refractivity contribution in [3.63, 3.8) is 0 Å². The minimum Gasteiger partial charge on any atom is -0.345 e. The van der Waals surface area contributed by atoms with E-state index in [0.717, 1.165) is 18.5 Å². The molecular weight excluding hydrogens is 254 g/mol. The molecule has 1 saturated heterocycles. The molecule has 1 N–H and O–H groups in total. The molecule has 2 atom stereocenters. The maximum Gasteiger partial charge on any atom is 0.163 e. The normalized spacial score (nSPS) is 25.1. The molecule has 1 aromatic rings. The number of unbranched alkanes of at least 4 members (excludes halogenated alkanes) is 4. The minimum atomic E-state index is -0.484. The first kappa shape index (κ1) is 15.4. The van der Waals surface area contributed by atoms with Crippen molar-refractivity contribution < 1.29 is 9.47 Å². The van der Waals surface area contributed by atoms with Crippen molar-refractivity contribution in [1.82, 2.24) is 15.4 Å². The Balaban J connectivity index is 1.81. The molecule has 2 heterocycles. The topological polar surface area (TPSA) is 60.0 Å². The van der Waals surface area contributed by atoms with Crippen LogP contribution >= 0.6 is 0 Å². The first-order valence-corrected chi connectivity index (χ1v) is 7.81. The fourth-order valence-corrected chi connectivity index (χ4v) is 2.81. The van der Waals surface area contributed by atoms with Gasteiger partial charge in [-0.1, -0.05) is 39.0 Å². The third-order valence-electron chi connectivity index (χ3n) is 3.75. The molecule has 0 amide bonds. The van der Waals surface area contributed by atoms with Crippen LogP contribution in [-0.2, 0) is 15.9 Å². The molecule has 0 radical (unpaired) electrons. The zero-order valence-corrected chi connectivity index (χ0v) is 12.9. The largest absolute Gasteiger partial charge is 0.345 e. The van der Waals surface area contributed by atoms with Crippen molar-refractivity contribution in [2.24, 2.45) is 0 Å². The van der Waals surface area contributed by atoms with Crippen LogP contribution < -0.4 is 0 Å². The molecule has 1 aromatic heterocycles. The number of nitrogens with zero attached hydrogens (tertiary/aromatic N) is 2. The number of nitrogens with one attached hydrogen (secondary N) is 1.